The zero-order valence-electron chi connectivity index (χ0n) is 6.74. The number of nitrogens with zero attached hydrogens (tertiary/aromatic N) is 1. The number of hydrogen-bond donors (Lipinski definition) is 0. The minimum absolute atomic E-state index is 0.641. The minimum atomic E-state index is 0.641. The summed E-state index contributed by atoms with van der Waals surface area (Å²) in [7, 11) is 1.61. The van der Waals surface area contributed by atoms with Gasteiger partial charge in [0, 0.05) is 17.6 Å². The normalized spacial score (nSPS) is 10.1. The molecule has 0 amide bonds. The fourth-order valence-corrected chi connectivity index (χ4v) is 1.11. The Morgan fingerprint density at radius 3 is 3.25 bits per heavy atom. The van der Waals surface area contributed by atoms with Crippen molar-refractivity contribution in [2.45, 2.75) is 0 Å². The van der Waals surface area contributed by atoms with Crippen LogP contribution < -0.4 is 4.74 Å². The average molecular weight is 158 g/mol. The summed E-state index contributed by atoms with van der Waals surface area (Å²) >= 11 is 0. The number of ether oxygens (including phenoxy) is 1. The standard InChI is InChI=1S/C10H8NO/c1-12-10-6-8-4-2-3-5-9(8)7-11-10/h2-4,6-7H,1H3. The molecule has 0 N–H and O–H groups in total. The zero-order chi connectivity index (χ0) is 8.39. The predicted octanol–water partition coefficient (Wildman–Crippen LogP) is 2.04. The van der Waals surface area contributed by atoms with Crippen LogP contribution in [0.15, 0.2) is 30.5 Å². The molecule has 1 radical (unpaired) electrons. The first kappa shape index (κ1) is 7.10. The molecule has 12 heavy (non-hydrogen) atoms. The minimum Gasteiger partial charge on any atom is -0.481 e. The third-order valence-electron chi connectivity index (χ3n) is 1.73. The van der Waals surface area contributed by atoms with Gasteiger partial charge in [-0.1, -0.05) is 18.2 Å². The van der Waals surface area contributed by atoms with Crippen LogP contribution in [-0.4, -0.2) is 12.1 Å². The van der Waals surface area contributed by atoms with Crippen LogP contribution in [0, 0.1) is 6.07 Å². The first-order chi connectivity index (χ1) is 5.90. The fourth-order valence-electron chi connectivity index (χ4n) is 1.11. The van der Waals surface area contributed by atoms with Gasteiger partial charge in [-0.25, -0.2) is 4.98 Å². The molecule has 0 bridgehead atoms. The van der Waals surface area contributed by atoms with E-state index in [1.165, 1.54) is 0 Å². The van der Waals surface area contributed by atoms with Crippen LogP contribution in [0.3, 0.4) is 0 Å². The lowest BCUT2D eigenvalue weighted by Gasteiger charge is -1.99. The molecular formula is C10H8NO. The van der Waals surface area contributed by atoms with Crippen molar-refractivity contribution < 1.29 is 4.74 Å². The second kappa shape index (κ2) is 2.81. The van der Waals surface area contributed by atoms with Crippen molar-refractivity contribution in [2.24, 2.45) is 0 Å². The molecule has 0 spiro atoms. The van der Waals surface area contributed by atoms with Crippen LogP contribution in [0.1, 0.15) is 0 Å². The molecule has 0 aliphatic heterocycles. The van der Waals surface area contributed by atoms with Crippen LogP contribution in [0.4, 0.5) is 0 Å². The quantitative estimate of drug-likeness (QED) is 0.633. The lowest BCUT2D eigenvalue weighted by atomic mass is 10.2. The molecule has 2 rings (SSSR count). The molecule has 0 aliphatic rings. The molecule has 2 aromatic rings. The highest BCUT2D eigenvalue weighted by Gasteiger charge is 1.95. The number of fused-ring (bicyclic) bond motifs is 1. The molecule has 2 nitrogen and oxygen atoms in total. The lowest BCUT2D eigenvalue weighted by Crippen LogP contribution is -1.86. The molecule has 1 aromatic carbocycles. The SMILES string of the molecule is COc1cc2ccc[c]c2cn1. The Labute approximate surface area is 70.8 Å². The molecule has 0 saturated heterocycles. The molecule has 1 aromatic heterocycles. The molecular weight excluding hydrogens is 150 g/mol. The molecule has 0 saturated carbocycles. The van der Waals surface area contributed by atoms with E-state index in [0.717, 1.165) is 10.8 Å². The van der Waals surface area contributed by atoms with Crippen LogP contribution in [-0.2, 0) is 0 Å². The van der Waals surface area contributed by atoms with Gasteiger partial charge < -0.3 is 4.74 Å². The third kappa shape index (κ3) is 1.11. The van der Waals surface area contributed by atoms with E-state index in [9.17, 15) is 0 Å². The summed E-state index contributed by atoms with van der Waals surface area (Å²) in [6.07, 6.45) is 1.76. The van der Waals surface area contributed by atoms with E-state index in [0.29, 0.717) is 5.88 Å². The van der Waals surface area contributed by atoms with E-state index in [1.807, 2.05) is 24.3 Å². The highest BCUT2D eigenvalue weighted by atomic mass is 16.5. The summed E-state index contributed by atoms with van der Waals surface area (Å²) < 4.78 is 5.00. The van der Waals surface area contributed by atoms with Crippen LogP contribution in [0.2, 0.25) is 0 Å². The van der Waals surface area contributed by atoms with Crippen molar-refractivity contribution >= 4 is 10.8 Å². The Morgan fingerprint density at radius 1 is 1.50 bits per heavy atom. The molecule has 59 valence electrons. The Morgan fingerprint density at radius 2 is 2.42 bits per heavy atom. The van der Waals surface area contributed by atoms with E-state index >= 15 is 0 Å². The van der Waals surface area contributed by atoms with Crippen molar-refractivity contribution in [3.8, 4) is 5.88 Å². The summed E-state index contributed by atoms with van der Waals surface area (Å²) in [5.41, 5.74) is 0. The highest BCUT2D eigenvalue weighted by Crippen LogP contribution is 2.16. The topological polar surface area (TPSA) is 22.1 Å². The summed E-state index contributed by atoms with van der Waals surface area (Å²) in [5, 5.41) is 2.11. The molecule has 0 atom stereocenters. The third-order valence-corrected chi connectivity index (χ3v) is 1.73. The van der Waals surface area contributed by atoms with Crippen LogP contribution in [0.5, 0.6) is 5.88 Å². The van der Waals surface area contributed by atoms with Crippen LogP contribution in [0.25, 0.3) is 10.8 Å². The predicted molar refractivity (Wildman–Crippen MR) is 47.1 cm³/mol. The van der Waals surface area contributed by atoms with E-state index in [2.05, 4.69) is 11.1 Å². The van der Waals surface area contributed by atoms with Gasteiger partial charge in [0.25, 0.3) is 0 Å². The molecule has 0 unspecified atom stereocenters. The van der Waals surface area contributed by atoms with Gasteiger partial charge in [-0.2, -0.15) is 0 Å². The summed E-state index contributed by atoms with van der Waals surface area (Å²) in [6, 6.07) is 10.8. The number of pyridine rings is 1. The summed E-state index contributed by atoms with van der Waals surface area (Å²) in [5.74, 6) is 0.641. The second-order valence-electron chi connectivity index (χ2n) is 2.48. The monoisotopic (exact) mass is 158 g/mol. The van der Waals surface area contributed by atoms with Crippen molar-refractivity contribution in [1.82, 2.24) is 4.98 Å². The second-order valence-corrected chi connectivity index (χ2v) is 2.48. The average Bonchev–Trinajstić information content (AvgIpc) is 2.17. The van der Waals surface area contributed by atoms with E-state index < -0.39 is 0 Å². The van der Waals surface area contributed by atoms with Gasteiger partial charge in [0.2, 0.25) is 5.88 Å². The fraction of sp³-hybridized carbons (Fsp3) is 0.100. The maximum absolute atomic E-state index is 5.00. The van der Waals surface area contributed by atoms with E-state index in [1.54, 1.807) is 13.3 Å². The number of aromatic nitrogens is 1. The summed E-state index contributed by atoms with van der Waals surface area (Å²) in [4.78, 5) is 4.07. The Kier molecular flexibility index (Phi) is 1.67. The highest BCUT2D eigenvalue weighted by molar-refractivity contribution is 5.81. The van der Waals surface area contributed by atoms with Gasteiger partial charge in [0.05, 0.1) is 7.11 Å². The zero-order valence-corrected chi connectivity index (χ0v) is 6.74. The largest absolute Gasteiger partial charge is 0.481 e. The Bertz CT molecular complexity index is 398. The van der Waals surface area contributed by atoms with E-state index in [4.69, 9.17) is 4.74 Å². The maximum atomic E-state index is 5.00. The smallest absolute Gasteiger partial charge is 0.213 e. The Balaban J connectivity index is 2.67. The van der Waals surface area contributed by atoms with Crippen molar-refractivity contribution in [3.63, 3.8) is 0 Å². The van der Waals surface area contributed by atoms with Crippen molar-refractivity contribution in [2.75, 3.05) is 7.11 Å². The van der Waals surface area contributed by atoms with Gasteiger partial charge in [0.15, 0.2) is 0 Å². The van der Waals surface area contributed by atoms with Gasteiger partial charge >= 0.3 is 0 Å². The molecule has 0 fully saturated rings. The lowest BCUT2D eigenvalue weighted by molar-refractivity contribution is 0.399. The van der Waals surface area contributed by atoms with Gasteiger partial charge in [-0.15, -0.1) is 0 Å². The molecule has 2 heteroatoms. The first-order valence-corrected chi connectivity index (χ1v) is 3.70. The molecule has 1 heterocycles. The number of benzene rings is 1. The van der Waals surface area contributed by atoms with Crippen molar-refractivity contribution in [3.05, 3.63) is 36.5 Å². The van der Waals surface area contributed by atoms with Gasteiger partial charge in [-0.05, 0) is 11.5 Å². The number of methoxy groups -OCH3 is 1. The number of hydrogen-bond acceptors (Lipinski definition) is 2. The van der Waals surface area contributed by atoms with Gasteiger partial charge in [0.1, 0.15) is 0 Å². The molecule has 0 aliphatic carbocycles. The van der Waals surface area contributed by atoms with Gasteiger partial charge in [-0.3, -0.25) is 0 Å². The maximum Gasteiger partial charge on any atom is 0.213 e. The van der Waals surface area contributed by atoms with Crippen molar-refractivity contribution in [1.29, 1.82) is 0 Å². The Hall–Kier alpha value is -1.57. The first-order valence-electron chi connectivity index (χ1n) is 3.70. The summed E-state index contributed by atoms with van der Waals surface area (Å²) in [6.45, 7) is 0. The van der Waals surface area contributed by atoms with Crippen LogP contribution >= 0.6 is 0 Å². The number of rotatable bonds is 1. The van der Waals surface area contributed by atoms with E-state index in [-0.39, 0.29) is 0 Å².